The van der Waals surface area contributed by atoms with E-state index in [0.29, 0.717) is 25.9 Å². The molecule has 0 aliphatic carbocycles. The van der Waals surface area contributed by atoms with E-state index in [0.717, 1.165) is 5.82 Å². The monoisotopic (exact) mass is 289 g/mol. The average Bonchev–Trinajstić information content (AvgIpc) is 2.84. The van der Waals surface area contributed by atoms with Crippen LogP contribution in [-0.4, -0.2) is 48.0 Å². The Bertz CT molecular complexity index is 444. The van der Waals surface area contributed by atoms with Gasteiger partial charge in [-0.3, -0.25) is 5.10 Å². The molecule has 1 atom stereocenters. The van der Waals surface area contributed by atoms with E-state index in [9.17, 15) is 8.42 Å². The lowest BCUT2D eigenvalue weighted by molar-refractivity contribution is 0.539. The first-order chi connectivity index (χ1) is 8.92. The molecule has 19 heavy (non-hydrogen) atoms. The fourth-order valence-corrected chi connectivity index (χ4v) is 2.50. The maximum Gasteiger partial charge on any atom is 0.215 e. The van der Waals surface area contributed by atoms with Crippen molar-refractivity contribution in [3.8, 4) is 0 Å². The normalized spacial score (nSPS) is 13.9. The minimum Gasteiger partial charge on any atom is -0.313 e. The van der Waals surface area contributed by atoms with Gasteiger partial charge in [-0.2, -0.15) is 5.10 Å². The maximum atomic E-state index is 11.9. The summed E-state index contributed by atoms with van der Waals surface area (Å²) in [6.45, 7) is 6.55. The summed E-state index contributed by atoms with van der Waals surface area (Å²) in [5.74, 6) is 0.772. The number of aromatic amines is 1. The van der Waals surface area contributed by atoms with E-state index in [1.165, 1.54) is 6.33 Å². The van der Waals surface area contributed by atoms with Crippen molar-refractivity contribution in [2.45, 2.75) is 44.9 Å². The van der Waals surface area contributed by atoms with Crippen molar-refractivity contribution in [2.75, 3.05) is 13.1 Å². The highest BCUT2D eigenvalue weighted by Crippen LogP contribution is 1.99. The summed E-state index contributed by atoms with van der Waals surface area (Å²) in [6, 6.07) is 0.282. The van der Waals surface area contributed by atoms with Crippen molar-refractivity contribution in [3.05, 3.63) is 12.2 Å². The van der Waals surface area contributed by atoms with Crippen molar-refractivity contribution in [1.82, 2.24) is 25.2 Å². The summed E-state index contributed by atoms with van der Waals surface area (Å²) in [6.07, 6.45) is 2.82. The van der Waals surface area contributed by atoms with Crippen molar-refractivity contribution in [1.29, 1.82) is 0 Å². The molecule has 8 heteroatoms. The number of aryl methyl sites for hydroxylation is 1. The summed E-state index contributed by atoms with van der Waals surface area (Å²) >= 11 is 0. The molecule has 0 saturated heterocycles. The Morgan fingerprint density at radius 3 is 2.68 bits per heavy atom. The van der Waals surface area contributed by atoms with Gasteiger partial charge in [0.1, 0.15) is 12.2 Å². The first-order valence-corrected chi connectivity index (χ1v) is 8.02. The fourth-order valence-electron chi connectivity index (χ4n) is 1.48. The molecule has 0 amide bonds. The number of rotatable bonds is 9. The van der Waals surface area contributed by atoms with Gasteiger partial charge in [-0.1, -0.05) is 13.8 Å². The van der Waals surface area contributed by atoms with Gasteiger partial charge in [-0.15, -0.1) is 0 Å². The van der Waals surface area contributed by atoms with Crippen molar-refractivity contribution >= 4 is 10.0 Å². The number of nitrogens with one attached hydrogen (secondary N) is 3. The third kappa shape index (κ3) is 6.13. The Balaban J connectivity index is 2.26. The highest BCUT2D eigenvalue weighted by atomic mass is 32.2. The number of H-pyrrole nitrogens is 1. The van der Waals surface area contributed by atoms with E-state index in [4.69, 9.17) is 0 Å². The van der Waals surface area contributed by atoms with Gasteiger partial charge in [0.15, 0.2) is 0 Å². The molecule has 0 fully saturated rings. The molecule has 7 nitrogen and oxygen atoms in total. The van der Waals surface area contributed by atoms with E-state index in [1.54, 1.807) is 6.92 Å². The molecule has 0 bridgehead atoms. The predicted molar refractivity (Wildman–Crippen MR) is 74.2 cm³/mol. The Labute approximate surface area is 114 Å². The Kier molecular flexibility index (Phi) is 6.40. The molecule has 0 radical (unpaired) electrons. The molecule has 110 valence electrons. The SMILES string of the molecule is CC(C)NCC(C)S(=O)(=O)NCCCc1ncn[nH]1. The van der Waals surface area contributed by atoms with Gasteiger partial charge in [0, 0.05) is 25.6 Å². The lowest BCUT2D eigenvalue weighted by Gasteiger charge is -2.16. The standard InChI is InChI=1S/C11H23N5O2S/c1-9(2)12-7-10(3)19(17,18)15-6-4-5-11-13-8-14-16-11/h8-10,12,15H,4-7H2,1-3H3,(H,13,14,16). The highest BCUT2D eigenvalue weighted by Gasteiger charge is 2.19. The van der Waals surface area contributed by atoms with Gasteiger partial charge in [0.25, 0.3) is 0 Å². The van der Waals surface area contributed by atoms with E-state index in [2.05, 4.69) is 25.2 Å². The molecule has 1 aromatic heterocycles. The topological polar surface area (TPSA) is 99.8 Å². The highest BCUT2D eigenvalue weighted by molar-refractivity contribution is 7.90. The molecule has 0 saturated carbocycles. The lowest BCUT2D eigenvalue weighted by atomic mass is 10.3. The zero-order valence-electron chi connectivity index (χ0n) is 11.7. The zero-order valence-corrected chi connectivity index (χ0v) is 12.5. The molecule has 1 aromatic rings. The predicted octanol–water partition coefficient (Wildman–Crippen LogP) is 0.0432. The van der Waals surface area contributed by atoms with Crippen LogP contribution in [0.3, 0.4) is 0 Å². The Morgan fingerprint density at radius 1 is 1.37 bits per heavy atom. The molecule has 1 heterocycles. The van der Waals surface area contributed by atoms with Gasteiger partial charge in [-0.25, -0.2) is 18.1 Å². The smallest absolute Gasteiger partial charge is 0.215 e. The zero-order chi connectivity index (χ0) is 14.3. The van der Waals surface area contributed by atoms with Crippen molar-refractivity contribution in [2.24, 2.45) is 0 Å². The molecule has 0 spiro atoms. The van der Waals surface area contributed by atoms with Gasteiger partial charge in [0.05, 0.1) is 5.25 Å². The Morgan fingerprint density at radius 2 is 2.11 bits per heavy atom. The molecular weight excluding hydrogens is 266 g/mol. The van der Waals surface area contributed by atoms with Crippen LogP contribution < -0.4 is 10.0 Å². The number of nitrogens with zero attached hydrogens (tertiary/aromatic N) is 2. The van der Waals surface area contributed by atoms with Crippen LogP contribution in [0.4, 0.5) is 0 Å². The van der Waals surface area contributed by atoms with Gasteiger partial charge < -0.3 is 5.32 Å². The summed E-state index contributed by atoms with van der Waals surface area (Å²) in [5.41, 5.74) is 0. The number of sulfonamides is 1. The minimum absolute atomic E-state index is 0.282. The third-order valence-electron chi connectivity index (χ3n) is 2.70. The third-order valence-corrected chi connectivity index (χ3v) is 4.53. The van der Waals surface area contributed by atoms with Gasteiger partial charge >= 0.3 is 0 Å². The number of hydrogen-bond donors (Lipinski definition) is 3. The molecule has 1 rings (SSSR count). The maximum absolute atomic E-state index is 11.9. The molecule has 0 aliphatic rings. The Hall–Kier alpha value is -0.990. The van der Waals surface area contributed by atoms with E-state index in [1.807, 2.05) is 13.8 Å². The number of hydrogen-bond acceptors (Lipinski definition) is 5. The van der Waals surface area contributed by atoms with E-state index in [-0.39, 0.29) is 6.04 Å². The molecule has 0 aromatic carbocycles. The van der Waals surface area contributed by atoms with Crippen LogP contribution in [0.2, 0.25) is 0 Å². The van der Waals surface area contributed by atoms with Gasteiger partial charge in [-0.05, 0) is 13.3 Å². The molecule has 0 aliphatic heterocycles. The minimum atomic E-state index is -3.26. The van der Waals surface area contributed by atoms with Crippen LogP contribution in [0.25, 0.3) is 0 Å². The second-order valence-electron chi connectivity index (χ2n) is 4.85. The van der Waals surface area contributed by atoms with Crippen LogP contribution in [0.1, 0.15) is 33.0 Å². The first-order valence-electron chi connectivity index (χ1n) is 6.48. The first kappa shape index (κ1) is 16.1. The molecule has 3 N–H and O–H groups in total. The summed E-state index contributed by atoms with van der Waals surface area (Å²) < 4.78 is 26.5. The summed E-state index contributed by atoms with van der Waals surface area (Å²) in [4.78, 5) is 3.98. The van der Waals surface area contributed by atoms with Crippen LogP contribution in [0.5, 0.6) is 0 Å². The van der Waals surface area contributed by atoms with Crippen molar-refractivity contribution < 1.29 is 8.42 Å². The molecule has 1 unspecified atom stereocenters. The lowest BCUT2D eigenvalue weighted by Crippen LogP contribution is -2.41. The average molecular weight is 289 g/mol. The summed E-state index contributed by atoms with van der Waals surface area (Å²) in [5, 5.41) is 9.16. The van der Waals surface area contributed by atoms with Crippen molar-refractivity contribution in [3.63, 3.8) is 0 Å². The van der Waals surface area contributed by atoms with Crippen LogP contribution in [-0.2, 0) is 16.4 Å². The quantitative estimate of drug-likeness (QED) is 0.558. The van der Waals surface area contributed by atoms with E-state index < -0.39 is 15.3 Å². The number of aromatic nitrogens is 3. The second kappa shape index (κ2) is 7.56. The van der Waals surface area contributed by atoms with Gasteiger partial charge in [0.2, 0.25) is 10.0 Å². The van der Waals surface area contributed by atoms with Crippen LogP contribution in [0, 0.1) is 0 Å². The second-order valence-corrected chi connectivity index (χ2v) is 7.03. The van der Waals surface area contributed by atoms with Crippen LogP contribution >= 0.6 is 0 Å². The largest absolute Gasteiger partial charge is 0.313 e. The fraction of sp³-hybridized carbons (Fsp3) is 0.818. The molecular formula is C11H23N5O2S. The summed E-state index contributed by atoms with van der Waals surface area (Å²) in [7, 11) is -3.26. The van der Waals surface area contributed by atoms with E-state index >= 15 is 0 Å². The van der Waals surface area contributed by atoms with Crippen LogP contribution in [0.15, 0.2) is 6.33 Å².